The van der Waals surface area contributed by atoms with Gasteiger partial charge in [-0.15, -0.1) is 6.58 Å². The molecule has 0 fully saturated rings. The zero-order chi connectivity index (χ0) is 29.1. The van der Waals surface area contributed by atoms with Gasteiger partial charge in [0.25, 0.3) is 11.8 Å². The molecule has 1 atom stereocenters. The fourth-order valence-corrected chi connectivity index (χ4v) is 4.06. The van der Waals surface area contributed by atoms with Gasteiger partial charge in [-0.25, -0.2) is 5.43 Å². The van der Waals surface area contributed by atoms with Crippen molar-refractivity contribution >= 4 is 29.6 Å². The van der Waals surface area contributed by atoms with Crippen molar-refractivity contribution in [1.82, 2.24) is 10.7 Å². The number of nitrogens with zero attached hydrogens (tertiary/aromatic N) is 1. The number of amides is 2. The van der Waals surface area contributed by atoms with Crippen molar-refractivity contribution in [3.8, 4) is 11.5 Å². The van der Waals surface area contributed by atoms with Gasteiger partial charge in [0.05, 0.1) is 12.8 Å². The first kappa shape index (κ1) is 30.4. The Morgan fingerprint density at radius 3 is 2.38 bits per heavy atom. The fourth-order valence-electron chi connectivity index (χ4n) is 3.93. The maximum absolute atomic E-state index is 12.9. The van der Waals surface area contributed by atoms with E-state index in [1.54, 1.807) is 30.3 Å². The van der Waals surface area contributed by atoms with Crippen LogP contribution in [0.2, 0.25) is 5.02 Å². The van der Waals surface area contributed by atoms with Gasteiger partial charge >= 0.3 is 0 Å². The normalized spacial score (nSPS) is 11.8. The van der Waals surface area contributed by atoms with E-state index in [0.717, 1.165) is 16.7 Å². The summed E-state index contributed by atoms with van der Waals surface area (Å²) in [6.07, 6.45) is 3.89. The predicted octanol–water partition coefficient (Wildman–Crippen LogP) is 6.26. The van der Waals surface area contributed by atoms with Crippen molar-refractivity contribution in [2.45, 2.75) is 46.8 Å². The molecule has 0 bridgehead atoms. The molecule has 40 heavy (non-hydrogen) atoms. The summed E-state index contributed by atoms with van der Waals surface area (Å²) in [6.45, 7) is 12.4. The largest absolute Gasteiger partial charge is 0.490 e. The number of carbonyl (C=O) groups excluding carboxylic acids is 2. The Labute approximate surface area is 241 Å². The number of hydrazone groups is 1. The molecule has 0 saturated heterocycles. The van der Waals surface area contributed by atoms with Gasteiger partial charge < -0.3 is 14.8 Å². The Kier molecular flexibility index (Phi) is 11.3. The number of ether oxygens (including phenoxy) is 2. The maximum Gasteiger partial charge on any atom is 0.262 e. The Bertz CT molecular complexity index is 1340. The van der Waals surface area contributed by atoms with Crippen LogP contribution >= 0.6 is 11.6 Å². The van der Waals surface area contributed by atoms with Crippen molar-refractivity contribution in [3.63, 3.8) is 0 Å². The molecule has 2 amide bonds. The van der Waals surface area contributed by atoms with Crippen LogP contribution in [-0.2, 0) is 17.8 Å². The van der Waals surface area contributed by atoms with E-state index < -0.39 is 11.9 Å². The third kappa shape index (κ3) is 8.71. The van der Waals surface area contributed by atoms with Crippen molar-refractivity contribution in [2.24, 2.45) is 11.0 Å². The monoisotopic (exact) mass is 561 g/mol. The van der Waals surface area contributed by atoms with Crippen LogP contribution in [-0.4, -0.2) is 30.7 Å². The average molecular weight is 562 g/mol. The summed E-state index contributed by atoms with van der Waals surface area (Å²) in [7, 11) is 0. The van der Waals surface area contributed by atoms with Gasteiger partial charge in [0.1, 0.15) is 12.6 Å². The van der Waals surface area contributed by atoms with E-state index in [4.69, 9.17) is 21.1 Å². The lowest BCUT2D eigenvalue weighted by Gasteiger charge is -2.20. The second-order valence-electron chi connectivity index (χ2n) is 9.64. The highest BCUT2D eigenvalue weighted by molar-refractivity contribution is 6.30. The Morgan fingerprint density at radius 1 is 1.05 bits per heavy atom. The van der Waals surface area contributed by atoms with E-state index >= 15 is 0 Å². The lowest BCUT2D eigenvalue weighted by Crippen LogP contribution is -2.48. The topological polar surface area (TPSA) is 89.0 Å². The number of carbonyl (C=O) groups is 2. The molecule has 0 aliphatic carbocycles. The van der Waals surface area contributed by atoms with E-state index in [1.165, 1.54) is 11.8 Å². The minimum Gasteiger partial charge on any atom is -0.490 e. The van der Waals surface area contributed by atoms with Crippen molar-refractivity contribution in [2.75, 3.05) is 6.61 Å². The Hall–Kier alpha value is -4.10. The van der Waals surface area contributed by atoms with Crippen LogP contribution in [0.4, 0.5) is 0 Å². The molecule has 3 aromatic carbocycles. The molecule has 3 rings (SSSR count). The first-order chi connectivity index (χ1) is 19.2. The van der Waals surface area contributed by atoms with Crippen LogP contribution in [0.1, 0.15) is 53.4 Å². The lowest BCUT2D eigenvalue weighted by molar-refractivity contribution is -0.123. The molecule has 0 heterocycles. The van der Waals surface area contributed by atoms with Gasteiger partial charge in [-0.05, 0) is 73.7 Å². The predicted molar refractivity (Wildman–Crippen MR) is 160 cm³/mol. The summed E-state index contributed by atoms with van der Waals surface area (Å²) in [5, 5.41) is 7.46. The van der Waals surface area contributed by atoms with E-state index in [0.29, 0.717) is 41.7 Å². The standard InChI is InChI=1S/C32H36ClN3O4/c1-6-8-26-17-24(18-28(39-7-2)30(26)40-20-23-11-9-22(5)10-12-23)19-34-36-32(38)29(21(3)4)35-31(37)25-13-15-27(33)16-14-25/h6,9-19,21,29H,1,7-8,20H2,2-5H3,(H,35,37)(H,36,38). The van der Waals surface area contributed by atoms with Gasteiger partial charge in [0, 0.05) is 16.1 Å². The van der Waals surface area contributed by atoms with E-state index in [1.807, 2.05) is 64.1 Å². The third-order valence-electron chi connectivity index (χ3n) is 6.05. The number of rotatable bonds is 13. The lowest BCUT2D eigenvalue weighted by atomic mass is 10.0. The number of halogens is 1. The van der Waals surface area contributed by atoms with E-state index in [-0.39, 0.29) is 11.8 Å². The summed E-state index contributed by atoms with van der Waals surface area (Å²) < 4.78 is 12.1. The first-order valence-electron chi connectivity index (χ1n) is 13.2. The number of nitrogens with one attached hydrogen (secondary N) is 2. The molecule has 210 valence electrons. The molecule has 0 aliphatic heterocycles. The van der Waals surface area contributed by atoms with Crippen LogP contribution in [0, 0.1) is 12.8 Å². The molecule has 0 spiro atoms. The SMILES string of the molecule is C=CCc1cc(C=NNC(=O)C(NC(=O)c2ccc(Cl)cc2)C(C)C)cc(OCC)c1OCc1ccc(C)cc1. The molecule has 0 aliphatic rings. The first-order valence-corrected chi connectivity index (χ1v) is 13.6. The smallest absolute Gasteiger partial charge is 0.262 e. The molecule has 3 aromatic rings. The van der Waals surface area contributed by atoms with Crippen LogP contribution < -0.4 is 20.2 Å². The Morgan fingerprint density at radius 2 is 1.75 bits per heavy atom. The summed E-state index contributed by atoms with van der Waals surface area (Å²) in [5.41, 5.74) is 6.80. The van der Waals surface area contributed by atoms with Gasteiger partial charge in [0.2, 0.25) is 0 Å². The van der Waals surface area contributed by atoms with E-state index in [2.05, 4.69) is 22.4 Å². The zero-order valence-electron chi connectivity index (χ0n) is 23.4. The number of allylic oxidation sites excluding steroid dienone is 1. The third-order valence-corrected chi connectivity index (χ3v) is 6.30. The summed E-state index contributed by atoms with van der Waals surface area (Å²) in [6, 6.07) is 17.6. The summed E-state index contributed by atoms with van der Waals surface area (Å²) in [5.74, 6) is 0.264. The van der Waals surface area contributed by atoms with Gasteiger partial charge in [-0.2, -0.15) is 5.10 Å². The molecule has 2 N–H and O–H groups in total. The van der Waals surface area contributed by atoms with Gasteiger partial charge in [-0.3, -0.25) is 9.59 Å². The molecular formula is C32H36ClN3O4. The molecular weight excluding hydrogens is 526 g/mol. The number of benzene rings is 3. The van der Waals surface area contributed by atoms with Gasteiger partial charge in [-0.1, -0.05) is 61.4 Å². The second kappa shape index (κ2) is 14.9. The number of aryl methyl sites for hydroxylation is 1. The summed E-state index contributed by atoms with van der Waals surface area (Å²) >= 11 is 5.91. The highest BCUT2D eigenvalue weighted by Crippen LogP contribution is 2.34. The van der Waals surface area contributed by atoms with E-state index in [9.17, 15) is 9.59 Å². The molecule has 7 nitrogen and oxygen atoms in total. The zero-order valence-corrected chi connectivity index (χ0v) is 24.1. The van der Waals surface area contributed by atoms with Crippen LogP contribution in [0.3, 0.4) is 0 Å². The second-order valence-corrected chi connectivity index (χ2v) is 10.1. The maximum atomic E-state index is 12.9. The number of hydrogen-bond acceptors (Lipinski definition) is 5. The van der Waals surface area contributed by atoms with Crippen LogP contribution in [0.15, 0.2) is 78.4 Å². The minimum absolute atomic E-state index is 0.167. The van der Waals surface area contributed by atoms with Crippen molar-refractivity contribution in [1.29, 1.82) is 0 Å². The fraction of sp³-hybridized carbons (Fsp3) is 0.281. The average Bonchev–Trinajstić information content (AvgIpc) is 2.92. The highest BCUT2D eigenvalue weighted by Gasteiger charge is 2.24. The van der Waals surface area contributed by atoms with Gasteiger partial charge in [0.15, 0.2) is 11.5 Å². The minimum atomic E-state index is -0.784. The van der Waals surface area contributed by atoms with Crippen LogP contribution in [0.5, 0.6) is 11.5 Å². The quantitative estimate of drug-likeness (QED) is 0.146. The molecule has 0 radical (unpaired) electrons. The van der Waals surface area contributed by atoms with Crippen LogP contribution in [0.25, 0.3) is 0 Å². The molecule has 0 saturated carbocycles. The number of hydrogen-bond donors (Lipinski definition) is 2. The van der Waals surface area contributed by atoms with Crippen molar-refractivity contribution in [3.05, 3.63) is 106 Å². The highest BCUT2D eigenvalue weighted by atomic mass is 35.5. The Balaban J connectivity index is 1.74. The molecule has 8 heteroatoms. The molecule has 1 unspecified atom stereocenters. The van der Waals surface area contributed by atoms with Crippen molar-refractivity contribution < 1.29 is 19.1 Å². The summed E-state index contributed by atoms with van der Waals surface area (Å²) in [4.78, 5) is 25.6. The molecule has 0 aromatic heterocycles.